The van der Waals surface area contributed by atoms with Gasteiger partial charge in [-0.05, 0) is 26.7 Å². The van der Waals surface area contributed by atoms with Crippen molar-refractivity contribution in [3.63, 3.8) is 0 Å². The van der Waals surface area contributed by atoms with Gasteiger partial charge in [0.25, 0.3) is 0 Å². The van der Waals surface area contributed by atoms with E-state index in [1.54, 1.807) is 11.3 Å². The molecule has 1 heterocycles. The Morgan fingerprint density at radius 2 is 2.17 bits per heavy atom. The van der Waals surface area contributed by atoms with Crippen molar-refractivity contribution in [3.8, 4) is 0 Å². The summed E-state index contributed by atoms with van der Waals surface area (Å²) in [6.07, 6.45) is 3.44. The highest BCUT2D eigenvalue weighted by atomic mass is 127. The van der Waals surface area contributed by atoms with Crippen LogP contribution in [0.2, 0.25) is 0 Å². The Bertz CT molecular complexity index is 426. The molecule has 102 valence electrons. The van der Waals surface area contributed by atoms with Gasteiger partial charge in [-0.25, -0.2) is 4.98 Å². The van der Waals surface area contributed by atoms with E-state index in [1.807, 2.05) is 14.0 Å². The quantitative estimate of drug-likeness (QED) is 0.496. The van der Waals surface area contributed by atoms with Crippen LogP contribution in [-0.2, 0) is 6.42 Å². The molecule has 2 N–H and O–H groups in total. The summed E-state index contributed by atoms with van der Waals surface area (Å²) in [6.45, 7) is 4.85. The highest BCUT2D eigenvalue weighted by Gasteiger charge is 2.27. The lowest BCUT2D eigenvalue weighted by Gasteiger charge is -2.16. The third-order valence-electron chi connectivity index (χ3n) is 3.07. The van der Waals surface area contributed by atoms with E-state index in [4.69, 9.17) is 5.73 Å². The first-order valence-corrected chi connectivity index (χ1v) is 6.85. The Balaban J connectivity index is 0.00000162. The van der Waals surface area contributed by atoms with Gasteiger partial charge < -0.3 is 10.6 Å². The molecule has 0 radical (unpaired) electrons. The molecule has 18 heavy (non-hydrogen) atoms. The first kappa shape index (κ1) is 15.7. The fourth-order valence-corrected chi connectivity index (χ4v) is 2.76. The van der Waals surface area contributed by atoms with E-state index in [9.17, 15) is 0 Å². The van der Waals surface area contributed by atoms with Crippen LogP contribution < -0.4 is 5.73 Å². The van der Waals surface area contributed by atoms with E-state index in [1.165, 1.54) is 17.7 Å². The van der Waals surface area contributed by atoms with Crippen LogP contribution in [-0.4, -0.2) is 35.5 Å². The molecular formula is C12H21IN4S. The number of aromatic nitrogens is 1. The average Bonchev–Trinajstić information content (AvgIpc) is 3.05. The van der Waals surface area contributed by atoms with Crippen LogP contribution in [0.1, 0.15) is 28.4 Å². The Kier molecular flexibility index (Phi) is 5.84. The topological polar surface area (TPSA) is 54.5 Å². The van der Waals surface area contributed by atoms with Crippen molar-refractivity contribution in [1.82, 2.24) is 9.88 Å². The Morgan fingerprint density at radius 1 is 1.50 bits per heavy atom. The summed E-state index contributed by atoms with van der Waals surface area (Å²) in [5, 5.41) is 1.13. The number of hydrogen-bond acceptors (Lipinski definition) is 3. The van der Waals surface area contributed by atoms with E-state index < -0.39 is 0 Å². The molecule has 1 aliphatic carbocycles. The fraction of sp³-hybridized carbons (Fsp3) is 0.667. The van der Waals surface area contributed by atoms with Crippen molar-refractivity contribution < 1.29 is 0 Å². The van der Waals surface area contributed by atoms with Crippen molar-refractivity contribution in [2.24, 2.45) is 10.7 Å². The second-order valence-electron chi connectivity index (χ2n) is 4.57. The van der Waals surface area contributed by atoms with Gasteiger partial charge in [0.1, 0.15) is 0 Å². The third-order valence-corrected chi connectivity index (χ3v) is 4.20. The smallest absolute Gasteiger partial charge is 0.191 e. The van der Waals surface area contributed by atoms with Gasteiger partial charge in [-0.1, -0.05) is 0 Å². The van der Waals surface area contributed by atoms with Crippen molar-refractivity contribution in [3.05, 3.63) is 15.6 Å². The van der Waals surface area contributed by atoms with E-state index in [-0.39, 0.29) is 24.0 Å². The SMILES string of the molecule is Cc1nc(C)c(CCN=C(N)N(C)C2CC2)s1.I. The largest absolute Gasteiger partial charge is 0.370 e. The minimum atomic E-state index is 0. The predicted octanol–water partition coefficient (Wildman–Crippen LogP) is 2.33. The van der Waals surface area contributed by atoms with Gasteiger partial charge in [0.15, 0.2) is 5.96 Å². The molecule has 6 heteroatoms. The third kappa shape index (κ3) is 4.08. The number of aliphatic imine (C=N–C) groups is 1. The molecule has 0 unspecified atom stereocenters. The van der Waals surface area contributed by atoms with Gasteiger partial charge in [-0.2, -0.15) is 0 Å². The van der Waals surface area contributed by atoms with Crippen LogP contribution in [0.25, 0.3) is 0 Å². The monoisotopic (exact) mass is 380 g/mol. The van der Waals surface area contributed by atoms with E-state index >= 15 is 0 Å². The minimum Gasteiger partial charge on any atom is -0.370 e. The molecular weight excluding hydrogens is 359 g/mol. The molecule has 0 bridgehead atoms. The number of rotatable bonds is 4. The standard InChI is InChI=1S/C12H20N4S.HI/c1-8-11(17-9(2)15-8)6-7-14-12(13)16(3)10-4-5-10;/h10H,4-7H2,1-3H3,(H2,13,14);1H. The van der Waals surface area contributed by atoms with Gasteiger partial charge in [0.2, 0.25) is 0 Å². The zero-order valence-electron chi connectivity index (χ0n) is 11.1. The zero-order chi connectivity index (χ0) is 12.4. The Labute approximate surface area is 130 Å². The van der Waals surface area contributed by atoms with Crippen LogP contribution in [0.15, 0.2) is 4.99 Å². The van der Waals surface area contributed by atoms with Crippen LogP contribution >= 0.6 is 35.3 Å². The number of nitrogens with two attached hydrogens (primary N) is 1. The molecule has 0 atom stereocenters. The van der Waals surface area contributed by atoms with Crippen LogP contribution in [0.3, 0.4) is 0 Å². The summed E-state index contributed by atoms with van der Waals surface area (Å²) in [5.41, 5.74) is 7.07. The van der Waals surface area contributed by atoms with Gasteiger partial charge in [0.05, 0.1) is 10.7 Å². The summed E-state index contributed by atoms with van der Waals surface area (Å²) < 4.78 is 0. The number of hydrogen-bond donors (Lipinski definition) is 1. The number of aryl methyl sites for hydroxylation is 2. The van der Waals surface area contributed by atoms with Gasteiger partial charge in [-0.3, -0.25) is 4.99 Å². The Morgan fingerprint density at radius 3 is 2.67 bits per heavy atom. The van der Waals surface area contributed by atoms with E-state index in [0.717, 1.165) is 23.7 Å². The number of nitrogens with zero attached hydrogens (tertiary/aromatic N) is 3. The number of thiazole rings is 1. The first-order valence-electron chi connectivity index (χ1n) is 6.03. The summed E-state index contributed by atoms with van der Waals surface area (Å²) in [6, 6.07) is 0.631. The van der Waals surface area contributed by atoms with Crippen LogP contribution in [0, 0.1) is 13.8 Å². The van der Waals surface area contributed by atoms with Crippen LogP contribution in [0.4, 0.5) is 0 Å². The molecule has 1 aromatic heterocycles. The van der Waals surface area contributed by atoms with E-state index in [2.05, 4.69) is 21.8 Å². The second-order valence-corrected chi connectivity index (χ2v) is 5.86. The van der Waals surface area contributed by atoms with Gasteiger partial charge in [0, 0.05) is 30.9 Å². The lowest BCUT2D eigenvalue weighted by Crippen LogP contribution is -2.35. The van der Waals surface area contributed by atoms with Gasteiger partial charge >= 0.3 is 0 Å². The molecule has 1 aliphatic rings. The lowest BCUT2D eigenvalue weighted by atomic mass is 10.3. The maximum atomic E-state index is 5.93. The van der Waals surface area contributed by atoms with E-state index in [0.29, 0.717) is 12.0 Å². The average molecular weight is 380 g/mol. The predicted molar refractivity (Wildman–Crippen MR) is 88.0 cm³/mol. The van der Waals surface area contributed by atoms with Crippen molar-refractivity contribution in [1.29, 1.82) is 0 Å². The lowest BCUT2D eigenvalue weighted by molar-refractivity contribution is 0.487. The minimum absolute atomic E-state index is 0. The molecule has 0 aromatic carbocycles. The number of guanidine groups is 1. The zero-order valence-corrected chi connectivity index (χ0v) is 14.3. The highest BCUT2D eigenvalue weighted by Crippen LogP contribution is 2.24. The second kappa shape index (κ2) is 6.70. The molecule has 1 aromatic rings. The molecule has 2 rings (SSSR count). The molecule has 1 saturated carbocycles. The highest BCUT2D eigenvalue weighted by molar-refractivity contribution is 14.0. The van der Waals surface area contributed by atoms with Crippen LogP contribution in [0.5, 0.6) is 0 Å². The molecule has 1 fully saturated rings. The summed E-state index contributed by atoms with van der Waals surface area (Å²) in [4.78, 5) is 12.3. The first-order chi connectivity index (χ1) is 8.08. The molecule has 4 nitrogen and oxygen atoms in total. The Hall–Kier alpha value is -0.370. The van der Waals surface area contributed by atoms with Crippen molar-refractivity contribution >= 4 is 41.3 Å². The maximum absolute atomic E-state index is 5.93. The molecule has 0 spiro atoms. The summed E-state index contributed by atoms with van der Waals surface area (Å²) >= 11 is 1.76. The van der Waals surface area contributed by atoms with Crippen molar-refractivity contribution in [2.45, 2.75) is 39.2 Å². The molecule has 0 amide bonds. The molecule has 0 aliphatic heterocycles. The fourth-order valence-electron chi connectivity index (χ4n) is 1.84. The summed E-state index contributed by atoms with van der Waals surface area (Å²) in [7, 11) is 2.03. The number of halogens is 1. The molecule has 0 saturated heterocycles. The van der Waals surface area contributed by atoms with Gasteiger partial charge in [-0.15, -0.1) is 35.3 Å². The van der Waals surface area contributed by atoms with Crippen molar-refractivity contribution in [2.75, 3.05) is 13.6 Å². The normalized spacial score (nSPS) is 15.4. The maximum Gasteiger partial charge on any atom is 0.191 e. The summed E-state index contributed by atoms with van der Waals surface area (Å²) in [5.74, 6) is 0.673.